The van der Waals surface area contributed by atoms with Gasteiger partial charge in [0.15, 0.2) is 0 Å². The van der Waals surface area contributed by atoms with E-state index in [0.717, 1.165) is 34.9 Å². The maximum atomic E-state index is 12.9. The Kier molecular flexibility index (Phi) is 5.81. The van der Waals surface area contributed by atoms with Crippen molar-refractivity contribution in [2.24, 2.45) is 0 Å². The van der Waals surface area contributed by atoms with Crippen LogP contribution in [0.25, 0.3) is 10.6 Å². The standard InChI is InChI=1S/C23H24N2O3S/c1-16-4-3-5-20(14-16)28-19-10-12-25(13-11-19)23(26)21-15-29-22(24-21)17-6-8-18(27-2)9-7-17/h3-9,14-15,19H,10-13H2,1-2H3. The number of rotatable bonds is 5. The van der Waals surface area contributed by atoms with Crippen LogP contribution in [0.2, 0.25) is 0 Å². The summed E-state index contributed by atoms with van der Waals surface area (Å²) in [7, 11) is 1.64. The molecule has 0 aliphatic carbocycles. The average molecular weight is 409 g/mol. The minimum Gasteiger partial charge on any atom is -0.497 e. The van der Waals surface area contributed by atoms with Crippen LogP contribution < -0.4 is 9.47 Å². The van der Waals surface area contributed by atoms with Gasteiger partial charge in [-0.1, -0.05) is 12.1 Å². The highest BCUT2D eigenvalue weighted by Crippen LogP contribution is 2.27. The first-order valence-electron chi connectivity index (χ1n) is 9.75. The third kappa shape index (κ3) is 4.59. The molecule has 0 atom stereocenters. The quantitative estimate of drug-likeness (QED) is 0.608. The molecule has 0 spiro atoms. The second-order valence-corrected chi connectivity index (χ2v) is 8.05. The van der Waals surface area contributed by atoms with Crippen molar-refractivity contribution in [1.82, 2.24) is 9.88 Å². The number of likely N-dealkylation sites (tertiary alicyclic amines) is 1. The molecule has 2 heterocycles. The lowest BCUT2D eigenvalue weighted by Gasteiger charge is -2.31. The molecule has 6 heteroatoms. The van der Waals surface area contributed by atoms with Crippen LogP contribution in [0.1, 0.15) is 28.9 Å². The van der Waals surface area contributed by atoms with E-state index in [1.807, 2.05) is 52.7 Å². The van der Waals surface area contributed by atoms with Crippen LogP contribution in [0, 0.1) is 6.92 Å². The summed E-state index contributed by atoms with van der Waals surface area (Å²) in [6.45, 7) is 3.43. The van der Waals surface area contributed by atoms with Gasteiger partial charge in [0.05, 0.1) is 7.11 Å². The van der Waals surface area contributed by atoms with E-state index in [2.05, 4.69) is 18.0 Å². The minimum atomic E-state index is -0.00461. The van der Waals surface area contributed by atoms with Crippen molar-refractivity contribution in [3.63, 3.8) is 0 Å². The van der Waals surface area contributed by atoms with Gasteiger partial charge in [0.25, 0.3) is 5.91 Å². The van der Waals surface area contributed by atoms with Crippen LogP contribution in [0.4, 0.5) is 0 Å². The number of piperidine rings is 1. The van der Waals surface area contributed by atoms with Crippen molar-refractivity contribution in [1.29, 1.82) is 0 Å². The molecule has 5 nitrogen and oxygen atoms in total. The number of benzene rings is 2. The van der Waals surface area contributed by atoms with E-state index in [0.29, 0.717) is 18.8 Å². The summed E-state index contributed by atoms with van der Waals surface area (Å²) in [6, 6.07) is 15.8. The fourth-order valence-electron chi connectivity index (χ4n) is 3.46. The molecule has 0 saturated carbocycles. The lowest BCUT2D eigenvalue weighted by Crippen LogP contribution is -2.41. The predicted octanol–water partition coefficient (Wildman–Crippen LogP) is 4.81. The SMILES string of the molecule is COc1ccc(-c2nc(C(=O)N3CCC(Oc4cccc(C)c4)CC3)cs2)cc1. The number of hydrogen-bond donors (Lipinski definition) is 0. The normalized spacial score (nSPS) is 14.6. The monoisotopic (exact) mass is 408 g/mol. The fraction of sp³-hybridized carbons (Fsp3) is 0.304. The van der Waals surface area contributed by atoms with Gasteiger partial charge in [-0.3, -0.25) is 4.79 Å². The molecule has 29 heavy (non-hydrogen) atoms. The van der Waals surface area contributed by atoms with Crippen molar-refractivity contribution in [2.45, 2.75) is 25.9 Å². The van der Waals surface area contributed by atoms with Crippen molar-refractivity contribution in [2.75, 3.05) is 20.2 Å². The maximum absolute atomic E-state index is 12.9. The Morgan fingerprint density at radius 2 is 1.86 bits per heavy atom. The molecule has 0 N–H and O–H groups in total. The Morgan fingerprint density at radius 1 is 1.10 bits per heavy atom. The van der Waals surface area contributed by atoms with Crippen molar-refractivity contribution >= 4 is 17.2 Å². The number of ether oxygens (including phenoxy) is 2. The van der Waals surface area contributed by atoms with Gasteiger partial charge in [0, 0.05) is 36.9 Å². The lowest BCUT2D eigenvalue weighted by molar-refractivity contribution is 0.0591. The zero-order valence-corrected chi connectivity index (χ0v) is 17.4. The average Bonchev–Trinajstić information content (AvgIpc) is 3.24. The summed E-state index contributed by atoms with van der Waals surface area (Å²) < 4.78 is 11.3. The maximum Gasteiger partial charge on any atom is 0.273 e. The molecule has 3 aromatic rings. The molecule has 1 aliphatic heterocycles. The van der Waals surface area contributed by atoms with E-state index in [4.69, 9.17) is 9.47 Å². The summed E-state index contributed by atoms with van der Waals surface area (Å²) >= 11 is 1.49. The number of methoxy groups -OCH3 is 1. The van der Waals surface area contributed by atoms with Gasteiger partial charge in [-0.05, 0) is 48.9 Å². The third-order valence-corrected chi connectivity index (χ3v) is 5.97. The Labute approximate surface area is 174 Å². The van der Waals surface area contributed by atoms with Crippen LogP contribution in [-0.2, 0) is 0 Å². The smallest absolute Gasteiger partial charge is 0.273 e. The van der Waals surface area contributed by atoms with E-state index in [1.54, 1.807) is 7.11 Å². The summed E-state index contributed by atoms with van der Waals surface area (Å²) in [4.78, 5) is 19.3. The molecule has 150 valence electrons. The minimum absolute atomic E-state index is 0.00461. The molecule has 2 aromatic carbocycles. The van der Waals surface area contributed by atoms with Crippen LogP contribution >= 0.6 is 11.3 Å². The van der Waals surface area contributed by atoms with Gasteiger partial charge in [-0.25, -0.2) is 4.98 Å². The lowest BCUT2D eigenvalue weighted by atomic mass is 10.1. The molecule has 0 radical (unpaired) electrons. The second kappa shape index (κ2) is 8.66. The number of carbonyl (C=O) groups excluding carboxylic acids is 1. The zero-order valence-electron chi connectivity index (χ0n) is 16.6. The Balaban J connectivity index is 1.35. The largest absolute Gasteiger partial charge is 0.497 e. The molecule has 0 unspecified atom stereocenters. The number of hydrogen-bond acceptors (Lipinski definition) is 5. The van der Waals surface area contributed by atoms with E-state index >= 15 is 0 Å². The summed E-state index contributed by atoms with van der Waals surface area (Å²) in [5.74, 6) is 1.70. The highest BCUT2D eigenvalue weighted by molar-refractivity contribution is 7.13. The highest BCUT2D eigenvalue weighted by Gasteiger charge is 2.26. The topological polar surface area (TPSA) is 51.7 Å². The van der Waals surface area contributed by atoms with E-state index in [-0.39, 0.29) is 12.0 Å². The van der Waals surface area contributed by atoms with Crippen LogP contribution in [-0.4, -0.2) is 42.1 Å². The van der Waals surface area contributed by atoms with Crippen LogP contribution in [0.5, 0.6) is 11.5 Å². The van der Waals surface area contributed by atoms with Crippen molar-refractivity contribution in [3.8, 4) is 22.1 Å². The Hall–Kier alpha value is -2.86. The van der Waals surface area contributed by atoms with Gasteiger partial charge in [0.2, 0.25) is 0 Å². The first kappa shape index (κ1) is 19.5. The summed E-state index contributed by atoms with van der Waals surface area (Å²) in [5, 5.41) is 2.69. The number of thiazole rings is 1. The summed E-state index contributed by atoms with van der Waals surface area (Å²) in [6.07, 6.45) is 1.80. The first-order valence-corrected chi connectivity index (χ1v) is 10.6. The number of carbonyl (C=O) groups is 1. The van der Waals surface area contributed by atoms with Crippen LogP contribution in [0.15, 0.2) is 53.9 Å². The summed E-state index contributed by atoms with van der Waals surface area (Å²) in [5.41, 5.74) is 2.69. The highest BCUT2D eigenvalue weighted by atomic mass is 32.1. The predicted molar refractivity (Wildman–Crippen MR) is 115 cm³/mol. The van der Waals surface area contributed by atoms with Gasteiger partial charge >= 0.3 is 0 Å². The van der Waals surface area contributed by atoms with Gasteiger partial charge < -0.3 is 14.4 Å². The zero-order chi connectivity index (χ0) is 20.2. The molecule has 1 amide bonds. The Morgan fingerprint density at radius 3 is 2.55 bits per heavy atom. The van der Waals surface area contributed by atoms with Gasteiger partial charge in [0.1, 0.15) is 28.3 Å². The molecule has 1 aromatic heterocycles. The van der Waals surface area contributed by atoms with Gasteiger partial charge in [-0.15, -0.1) is 11.3 Å². The first-order chi connectivity index (χ1) is 14.1. The van der Waals surface area contributed by atoms with Crippen LogP contribution in [0.3, 0.4) is 0 Å². The molecular weight excluding hydrogens is 384 g/mol. The molecular formula is C23H24N2O3S. The molecule has 0 bridgehead atoms. The molecule has 4 rings (SSSR count). The van der Waals surface area contributed by atoms with E-state index < -0.39 is 0 Å². The van der Waals surface area contributed by atoms with E-state index in [1.165, 1.54) is 16.9 Å². The fourth-order valence-corrected chi connectivity index (χ4v) is 4.26. The van der Waals surface area contributed by atoms with Crippen molar-refractivity contribution < 1.29 is 14.3 Å². The molecule has 1 aliphatic rings. The number of amides is 1. The Bertz CT molecular complexity index is 976. The third-order valence-electron chi connectivity index (χ3n) is 5.08. The number of nitrogens with zero attached hydrogens (tertiary/aromatic N) is 2. The second-order valence-electron chi connectivity index (χ2n) is 7.19. The van der Waals surface area contributed by atoms with Gasteiger partial charge in [-0.2, -0.15) is 0 Å². The number of aromatic nitrogens is 1. The van der Waals surface area contributed by atoms with Crippen molar-refractivity contribution in [3.05, 3.63) is 65.2 Å². The molecule has 1 fully saturated rings. The van der Waals surface area contributed by atoms with E-state index in [9.17, 15) is 4.79 Å². The number of aryl methyl sites for hydroxylation is 1. The molecule has 1 saturated heterocycles.